The van der Waals surface area contributed by atoms with E-state index in [0.29, 0.717) is 25.0 Å². The quantitative estimate of drug-likeness (QED) is 0.778. The zero-order chi connectivity index (χ0) is 15.3. The maximum Gasteiger partial charge on any atom is 0.281 e. The molecule has 0 bridgehead atoms. The highest BCUT2D eigenvalue weighted by atomic mass is 32.2. The molecule has 1 aliphatic heterocycles. The van der Waals surface area contributed by atoms with Crippen LogP contribution in [0.4, 0.5) is 0 Å². The lowest BCUT2D eigenvalue weighted by atomic mass is 9.91. The maximum atomic E-state index is 12.4. The molecular weight excluding hydrogens is 274 g/mol. The lowest BCUT2D eigenvalue weighted by Gasteiger charge is -2.37. The molecule has 6 heteroatoms. The zero-order valence-electron chi connectivity index (χ0n) is 13.6. The van der Waals surface area contributed by atoms with Crippen molar-refractivity contribution in [2.24, 2.45) is 5.92 Å². The molecule has 0 aromatic heterocycles. The van der Waals surface area contributed by atoms with Gasteiger partial charge in [-0.25, -0.2) is 0 Å². The molecular formula is C14H31N3O2S. The molecule has 0 aromatic carbocycles. The highest BCUT2D eigenvalue weighted by Crippen LogP contribution is 2.24. The Morgan fingerprint density at radius 2 is 1.80 bits per heavy atom. The van der Waals surface area contributed by atoms with E-state index in [1.165, 1.54) is 4.31 Å². The van der Waals surface area contributed by atoms with E-state index in [1.807, 2.05) is 13.8 Å². The molecule has 0 aromatic rings. The van der Waals surface area contributed by atoms with Crippen molar-refractivity contribution in [1.82, 2.24) is 13.9 Å². The Kier molecular flexibility index (Phi) is 6.91. The molecule has 0 spiro atoms. The van der Waals surface area contributed by atoms with Gasteiger partial charge in [0.25, 0.3) is 10.2 Å². The van der Waals surface area contributed by atoms with Gasteiger partial charge in [0.15, 0.2) is 0 Å². The summed E-state index contributed by atoms with van der Waals surface area (Å²) in [6.45, 7) is 10.5. The van der Waals surface area contributed by atoms with E-state index in [1.54, 1.807) is 11.4 Å². The monoisotopic (exact) mass is 305 g/mol. The molecule has 1 aliphatic rings. The van der Waals surface area contributed by atoms with E-state index in [-0.39, 0.29) is 6.04 Å². The first-order chi connectivity index (χ1) is 9.30. The smallest absolute Gasteiger partial charge is 0.281 e. The second-order valence-corrected chi connectivity index (χ2v) is 8.09. The SMILES string of the molecule is CCCNC(C)C1CCN(S(=O)(=O)N(C)C(C)C)CC1. The van der Waals surface area contributed by atoms with E-state index in [0.717, 1.165) is 25.8 Å². The van der Waals surface area contributed by atoms with Crippen molar-refractivity contribution >= 4 is 10.2 Å². The zero-order valence-corrected chi connectivity index (χ0v) is 14.4. The van der Waals surface area contributed by atoms with Crippen LogP contribution in [0.2, 0.25) is 0 Å². The predicted octanol–water partition coefficient (Wildman–Crippen LogP) is 1.67. The third-order valence-electron chi connectivity index (χ3n) is 4.34. The van der Waals surface area contributed by atoms with Crippen LogP contribution in [0.3, 0.4) is 0 Å². The predicted molar refractivity (Wildman–Crippen MR) is 83.9 cm³/mol. The van der Waals surface area contributed by atoms with Crippen LogP contribution in [0.25, 0.3) is 0 Å². The molecule has 20 heavy (non-hydrogen) atoms. The van der Waals surface area contributed by atoms with Gasteiger partial charge in [-0.05, 0) is 52.5 Å². The number of nitrogens with zero attached hydrogens (tertiary/aromatic N) is 2. The minimum Gasteiger partial charge on any atom is -0.314 e. The Morgan fingerprint density at radius 1 is 1.25 bits per heavy atom. The Bertz CT molecular complexity index is 376. The van der Waals surface area contributed by atoms with Crippen LogP contribution in [-0.4, -0.2) is 55.8 Å². The topological polar surface area (TPSA) is 52.7 Å². The van der Waals surface area contributed by atoms with Gasteiger partial charge in [-0.3, -0.25) is 0 Å². The first-order valence-corrected chi connectivity index (χ1v) is 9.16. The van der Waals surface area contributed by atoms with Crippen LogP contribution in [0.5, 0.6) is 0 Å². The van der Waals surface area contributed by atoms with Gasteiger partial charge in [-0.1, -0.05) is 6.92 Å². The van der Waals surface area contributed by atoms with Gasteiger partial charge in [-0.2, -0.15) is 17.0 Å². The summed E-state index contributed by atoms with van der Waals surface area (Å²) >= 11 is 0. The summed E-state index contributed by atoms with van der Waals surface area (Å²) in [6, 6.07) is 0.477. The van der Waals surface area contributed by atoms with Gasteiger partial charge in [0.05, 0.1) is 0 Å². The summed E-state index contributed by atoms with van der Waals surface area (Å²) in [5.41, 5.74) is 0. The van der Waals surface area contributed by atoms with Crippen molar-refractivity contribution in [3.05, 3.63) is 0 Å². The average Bonchev–Trinajstić information content (AvgIpc) is 2.43. The second kappa shape index (κ2) is 7.73. The fourth-order valence-corrected chi connectivity index (χ4v) is 4.16. The summed E-state index contributed by atoms with van der Waals surface area (Å²) in [5.74, 6) is 0.581. The summed E-state index contributed by atoms with van der Waals surface area (Å²) in [7, 11) is -1.62. The van der Waals surface area contributed by atoms with Gasteiger partial charge in [0.1, 0.15) is 0 Å². The van der Waals surface area contributed by atoms with E-state index in [2.05, 4.69) is 19.2 Å². The van der Waals surface area contributed by atoms with Crippen molar-refractivity contribution in [1.29, 1.82) is 0 Å². The van der Waals surface area contributed by atoms with Gasteiger partial charge >= 0.3 is 0 Å². The summed E-state index contributed by atoms with van der Waals surface area (Å²) in [6.07, 6.45) is 3.03. The lowest BCUT2D eigenvalue weighted by molar-refractivity contribution is 0.219. The van der Waals surface area contributed by atoms with Crippen molar-refractivity contribution < 1.29 is 8.42 Å². The Hall–Kier alpha value is -0.170. The van der Waals surface area contributed by atoms with Gasteiger partial charge in [0, 0.05) is 32.2 Å². The van der Waals surface area contributed by atoms with E-state index in [4.69, 9.17) is 0 Å². The van der Waals surface area contributed by atoms with Gasteiger partial charge in [-0.15, -0.1) is 0 Å². The van der Waals surface area contributed by atoms with Crippen LogP contribution >= 0.6 is 0 Å². The average molecular weight is 305 g/mol. The number of hydrogen-bond acceptors (Lipinski definition) is 3. The number of nitrogens with one attached hydrogen (secondary N) is 1. The van der Waals surface area contributed by atoms with Crippen LogP contribution < -0.4 is 5.32 Å². The van der Waals surface area contributed by atoms with E-state index < -0.39 is 10.2 Å². The first kappa shape index (κ1) is 17.9. The molecule has 5 nitrogen and oxygen atoms in total. The van der Waals surface area contributed by atoms with Crippen molar-refractivity contribution in [3.63, 3.8) is 0 Å². The number of rotatable bonds is 7. The van der Waals surface area contributed by atoms with E-state index in [9.17, 15) is 8.42 Å². The highest BCUT2D eigenvalue weighted by molar-refractivity contribution is 7.86. The Balaban J connectivity index is 2.53. The number of hydrogen-bond donors (Lipinski definition) is 1. The van der Waals surface area contributed by atoms with Crippen molar-refractivity contribution in [2.75, 3.05) is 26.7 Å². The molecule has 1 N–H and O–H groups in total. The molecule has 1 saturated heterocycles. The maximum absolute atomic E-state index is 12.4. The number of piperidine rings is 1. The molecule has 1 atom stereocenters. The molecule has 1 unspecified atom stereocenters. The van der Waals surface area contributed by atoms with Crippen molar-refractivity contribution in [2.45, 2.75) is 59.0 Å². The van der Waals surface area contributed by atoms with Crippen LogP contribution in [0.15, 0.2) is 0 Å². The molecule has 0 aliphatic carbocycles. The molecule has 0 saturated carbocycles. The van der Waals surface area contributed by atoms with Crippen molar-refractivity contribution in [3.8, 4) is 0 Å². The molecule has 1 fully saturated rings. The minimum absolute atomic E-state index is 0.00266. The highest BCUT2D eigenvalue weighted by Gasteiger charge is 2.33. The Morgan fingerprint density at radius 3 is 2.25 bits per heavy atom. The first-order valence-electron chi connectivity index (χ1n) is 7.77. The van der Waals surface area contributed by atoms with Gasteiger partial charge < -0.3 is 5.32 Å². The molecule has 0 radical (unpaired) electrons. The normalized spacial score (nSPS) is 20.8. The largest absolute Gasteiger partial charge is 0.314 e. The fraction of sp³-hybridized carbons (Fsp3) is 1.00. The van der Waals surface area contributed by atoms with Crippen LogP contribution in [0.1, 0.15) is 47.0 Å². The summed E-state index contributed by atoms with van der Waals surface area (Å²) in [5, 5.41) is 3.52. The van der Waals surface area contributed by atoms with Crippen LogP contribution in [-0.2, 0) is 10.2 Å². The summed E-state index contributed by atoms with van der Waals surface area (Å²) < 4.78 is 27.9. The Labute approximate surface area is 124 Å². The van der Waals surface area contributed by atoms with Gasteiger partial charge in [0.2, 0.25) is 0 Å². The molecule has 1 rings (SSSR count). The third-order valence-corrected chi connectivity index (χ3v) is 6.51. The molecule has 1 heterocycles. The minimum atomic E-state index is -3.28. The third kappa shape index (κ3) is 4.41. The molecule has 120 valence electrons. The fourth-order valence-electron chi connectivity index (χ4n) is 2.59. The standard InChI is InChI=1S/C14H31N3O2S/c1-6-9-15-13(4)14-7-10-17(11-8-14)20(18,19)16(5)12(2)3/h12-15H,6-11H2,1-5H3. The lowest BCUT2D eigenvalue weighted by Crippen LogP contribution is -2.49. The summed E-state index contributed by atoms with van der Waals surface area (Å²) in [4.78, 5) is 0. The molecule has 0 amide bonds. The van der Waals surface area contributed by atoms with E-state index >= 15 is 0 Å². The van der Waals surface area contributed by atoms with Crippen LogP contribution in [0, 0.1) is 5.92 Å². The second-order valence-electron chi connectivity index (χ2n) is 6.10.